The summed E-state index contributed by atoms with van der Waals surface area (Å²) in [7, 11) is 0. The maximum atomic E-state index is 11.9. The van der Waals surface area contributed by atoms with E-state index in [1.54, 1.807) is 11.3 Å². The number of benzene rings is 1. The number of urea groups is 1. The van der Waals surface area contributed by atoms with Crippen LogP contribution in [0.25, 0.3) is 10.2 Å². The van der Waals surface area contributed by atoms with E-state index in [2.05, 4.69) is 28.6 Å². The maximum Gasteiger partial charge on any atom is 0.321 e. The fourth-order valence-electron chi connectivity index (χ4n) is 2.15. The van der Waals surface area contributed by atoms with Crippen molar-refractivity contribution in [3.05, 3.63) is 45.6 Å². The summed E-state index contributed by atoms with van der Waals surface area (Å²) < 4.78 is 1.12. The zero-order valence-corrected chi connectivity index (χ0v) is 13.4. The van der Waals surface area contributed by atoms with E-state index in [0.29, 0.717) is 11.7 Å². The zero-order valence-electron chi connectivity index (χ0n) is 11.8. The Morgan fingerprint density at radius 3 is 2.95 bits per heavy atom. The molecule has 2 heterocycles. The number of hydrogen-bond donors (Lipinski definition) is 2. The molecule has 0 aliphatic heterocycles. The van der Waals surface area contributed by atoms with E-state index < -0.39 is 0 Å². The number of carbonyl (C=O) groups is 1. The van der Waals surface area contributed by atoms with Crippen molar-refractivity contribution in [2.45, 2.75) is 20.4 Å². The lowest BCUT2D eigenvalue weighted by molar-refractivity contribution is 0.252. The second kappa shape index (κ2) is 5.83. The second-order valence-electron chi connectivity index (χ2n) is 4.84. The average Bonchev–Trinajstić information content (AvgIpc) is 3.05. The van der Waals surface area contributed by atoms with E-state index in [-0.39, 0.29) is 6.03 Å². The van der Waals surface area contributed by atoms with Gasteiger partial charge in [-0.05, 0) is 42.5 Å². The van der Waals surface area contributed by atoms with Crippen molar-refractivity contribution >= 4 is 44.1 Å². The van der Waals surface area contributed by atoms with Gasteiger partial charge >= 0.3 is 6.03 Å². The Kier molecular flexibility index (Phi) is 3.90. The van der Waals surface area contributed by atoms with Crippen LogP contribution in [0.3, 0.4) is 0 Å². The summed E-state index contributed by atoms with van der Waals surface area (Å²) in [5.74, 6) is 0. The number of thiophene rings is 1. The minimum Gasteiger partial charge on any atom is -0.333 e. The number of carbonyl (C=O) groups excluding carboxylic acids is 1. The van der Waals surface area contributed by atoms with Crippen molar-refractivity contribution in [3.8, 4) is 0 Å². The first-order valence-corrected chi connectivity index (χ1v) is 8.26. The first kappa shape index (κ1) is 14.0. The molecule has 4 nitrogen and oxygen atoms in total. The van der Waals surface area contributed by atoms with Crippen LogP contribution in [0.4, 0.5) is 9.93 Å². The molecule has 0 spiro atoms. The molecule has 2 amide bonds. The van der Waals surface area contributed by atoms with Crippen molar-refractivity contribution in [1.82, 2.24) is 10.3 Å². The van der Waals surface area contributed by atoms with Crippen LogP contribution in [0.15, 0.2) is 29.6 Å². The Morgan fingerprint density at radius 1 is 1.33 bits per heavy atom. The summed E-state index contributed by atoms with van der Waals surface area (Å²) in [4.78, 5) is 17.5. The third kappa shape index (κ3) is 3.22. The molecule has 0 aliphatic rings. The summed E-state index contributed by atoms with van der Waals surface area (Å²) in [6.07, 6.45) is 0. The Bertz CT molecular complexity index is 778. The average molecular weight is 317 g/mol. The molecule has 0 atom stereocenters. The topological polar surface area (TPSA) is 54.0 Å². The molecule has 2 N–H and O–H groups in total. The van der Waals surface area contributed by atoms with Gasteiger partial charge in [-0.25, -0.2) is 9.78 Å². The number of hydrogen-bond acceptors (Lipinski definition) is 4. The minimum atomic E-state index is -0.225. The van der Waals surface area contributed by atoms with Crippen molar-refractivity contribution in [2.24, 2.45) is 0 Å². The van der Waals surface area contributed by atoms with Crippen LogP contribution in [-0.2, 0) is 6.54 Å². The monoisotopic (exact) mass is 317 g/mol. The first-order valence-electron chi connectivity index (χ1n) is 6.57. The number of aromatic nitrogens is 1. The van der Waals surface area contributed by atoms with Crippen molar-refractivity contribution in [3.63, 3.8) is 0 Å². The highest BCUT2D eigenvalue weighted by Crippen LogP contribution is 2.29. The first-order chi connectivity index (χ1) is 10.1. The van der Waals surface area contributed by atoms with E-state index in [1.165, 1.54) is 22.5 Å². The number of aryl methyl sites for hydroxylation is 2. The number of rotatable bonds is 3. The van der Waals surface area contributed by atoms with Gasteiger partial charge in [0, 0.05) is 4.88 Å². The quantitative estimate of drug-likeness (QED) is 0.757. The standard InChI is InChI=1S/C15H15N3OS2/c1-9-6-10(2)13-12(7-9)17-15(21-13)18-14(19)16-8-11-4-3-5-20-11/h3-7H,8H2,1-2H3,(H2,16,17,18,19). The molecule has 21 heavy (non-hydrogen) atoms. The molecule has 0 unspecified atom stereocenters. The van der Waals surface area contributed by atoms with Gasteiger partial charge in [-0.3, -0.25) is 5.32 Å². The van der Waals surface area contributed by atoms with Gasteiger partial charge in [-0.15, -0.1) is 11.3 Å². The number of anilines is 1. The van der Waals surface area contributed by atoms with Crippen molar-refractivity contribution < 1.29 is 4.79 Å². The Hall–Kier alpha value is -1.92. The van der Waals surface area contributed by atoms with Crippen molar-refractivity contribution in [2.75, 3.05) is 5.32 Å². The van der Waals surface area contributed by atoms with Gasteiger partial charge in [0.2, 0.25) is 0 Å². The Balaban J connectivity index is 1.69. The molecule has 2 aromatic heterocycles. The van der Waals surface area contributed by atoms with Gasteiger partial charge in [0.15, 0.2) is 5.13 Å². The van der Waals surface area contributed by atoms with Crippen LogP contribution < -0.4 is 10.6 Å². The summed E-state index contributed by atoms with van der Waals surface area (Å²) in [6, 6.07) is 7.90. The zero-order chi connectivity index (χ0) is 14.8. The minimum absolute atomic E-state index is 0.225. The van der Waals surface area contributed by atoms with Crippen LogP contribution in [0, 0.1) is 13.8 Å². The molecule has 6 heteroatoms. The van der Waals surface area contributed by atoms with E-state index >= 15 is 0 Å². The number of nitrogens with one attached hydrogen (secondary N) is 2. The molecule has 3 aromatic rings. The third-order valence-electron chi connectivity index (χ3n) is 3.04. The fourth-order valence-corrected chi connectivity index (χ4v) is 3.71. The number of nitrogens with zero attached hydrogens (tertiary/aromatic N) is 1. The van der Waals surface area contributed by atoms with Gasteiger partial charge in [0.1, 0.15) is 0 Å². The molecular formula is C15H15N3OS2. The number of thiazole rings is 1. The summed E-state index contributed by atoms with van der Waals surface area (Å²) in [6.45, 7) is 4.65. The SMILES string of the molecule is Cc1cc(C)c2sc(NC(=O)NCc3cccs3)nc2c1. The molecule has 0 radical (unpaired) electrons. The third-order valence-corrected chi connectivity index (χ3v) is 5.04. The molecule has 108 valence electrons. The lowest BCUT2D eigenvalue weighted by Gasteiger charge is -2.03. The predicted octanol–water partition coefficient (Wildman–Crippen LogP) is 4.30. The van der Waals surface area contributed by atoms with Gasteiger partial charge in [-0.1, -0.05) is 23.5 Å². The molecular weight excluding hydrogens is 302 g/mol. The molecule has 3 rings (SSSR count). The van der Waals surface area contributed by atoms with E-state index in [4.69, 9.17) is 0 Å². The van der Waals surface area contributed by atoms with Crippen LogP contribution in [-0.4, -0.2) is 11.0 Å². The number of fused-ring (bicyclic) bond motifs is 1. The highest BCUT2D eigenvalue weighted by Gasteiger charge is 2.09. The van der Waals surface area contributed by atoms with E-state index in [0.717, 1.165) is 15.1 Å². The summed E-state index contributed by atoms with van der Waals surface area (Å²) in [5, 5.41) is 8.25. The van der Waals surface area contributed by atoms with Crippen molar-refractivity contribution in [1.29, 1.82) is 0 Å². The van der Waals surface area contributed by atoms with Gasteiger partial charge in [-0.2, -0.15) is 0 Å². The van der Waals surface area contributed by atoms with Crippen LogP contribution in [0.2, 0.25) is 0 Å². The smallest absolute Gasteiger partial charge is 0.321 e. The Labute approximate surface area is 130 Å². The normalized spacial score (nSPS) is 10.8. The second-order valence-corrected chi connectivity index (χ2v) is 6.87. The lowest BCUT2D eigenvalue weighted by Crippen LogP contribution is -2.27. The molecule has 1 aromatic carbocycles. The molecule has 0 bridgehead atoms. The molecule has 0 saturated carbocycles. The molecule has 0 aliphatic carbocycles. The molecule has 0 fully saturated rings. The van der Waals surface area contributed by atoms with Gasteiger partial charge in [0.05, 0.1) is 16.8 Å². The fraction of sp³-hybridized carbons (Fsp3) is 0.200. The van der Waals surface area contributed by atoms with E-state index in [9.17, 15) is 4.79 Å². The van der Waals surface area contributed by atoms with Gasteiger partial charge in [0.25, 0.3) is 0 Å². The van der Waals surface area contributed by atoms with Crippen LogP contribution >= 0.6 is 22.7 Å². The van der Waals surface area contributed by atoms with E-state index in [1.807, 2.05) is 30.5 Å². The predicted molar refractivity (Wildman–Crippen MR) is 89.3 cm³/mol. The van der Waals surface area contributed by atoms with Gasteiger partial charge < -0.3 is 5.32 Å². The lowest BCUT2D eigenvalue weighted by atomic mass is 10.1. The summed E-state index contributed by atoms with van der Waals surface area (Å²) in [5.41, 5.74) is 3.31. The van der Waals surface area contributed by atoms with Crippen LogP contribution in [0.1, 0.15) is 16.0 Å². The maximum absolute atomic E-state index is 11.9. The van der Waals surface area contributed by atoms with Crippen LogP contribution in [0.5, 0.6) is 0 Å². The highest BCUT2D eigenvalue weighted by molar-refractivity contribution is 7.22. The largest absolute Gasteiger partial charge is 0.333 e. The number of amides is 2. The molecule has 0 saturated heterocycles. The highest BCUT2D eigenvalue weighted by atomic mass is 32.1. The Morgan fingerprint density at radius 2 is 2.19 bits per heavy atom. The summed E-state index contributed by atoms with van der Waals surface area (Å²) >= 11 is 3.13.